The van der Waals surface area contributed by atoms with Crippen LogP contribution in [0.15, 0.2) is 18.2 Å². The Bertz CT molecular complexity index is 377. The van der Waals surface area contributed by atoms with Crippen LogP contribution in [0, 0.1) is 11.8 Å². The predicted molar refractivity (Wildman–Crippen MR) is 75.4 cm³/mol. The van der Waals surface area contributed by atoms with Crippen molar-refractivity contribution in [3.63, 3.8) is 0 Å². The molecule has 2 N–H and O–H groups in total. The topological polar surface area (TPSA) is 29.3 Å². The molecule has 94 valence electrons. The van der Waals surface area contributed by atoms with Gasteiger partial charge in [0.1, 0.15) is 0 Å². The molecule has 0 saturated carbocycles. The summed E-state index contributed by atoms with van der Waals surface area (Å²) in [6.07, 6.45) is 2.41. The Morgan fingerprint density at radius 3 is 2.47 bits per heavy atom. The van der Waals surface area contributed by atoms with Gasteiger partial charge in [-0.05, 0) is 48.4 Å². The lowest BCUT2D eigenvalue weighted by atomic mass is 9.91. The first-order valence-corrected chi connectivity index (χ1v) is 6.73. The molecule has 0 spiro atoms. The van der Waals surface area contributed by atoms with Crippen molar-refractivity contribution < 1.29 is 0 Å². The minimum absolute atomic E-state index is 0.793. The number of piperidine rings is 1. The Morgan fingerprint density at radius 1 is 1.24 bits per heavy atom. The van der Waals surface area contributed by atoms with E-state index in [-0.39, 0.29) is 0 Å². The van der Waals surface area contributed by atoms with Crippen LogP contribution in [-0.4, -0.2) is 13.1 Å². The SMILES string of the molecule is CCc1cc(N)ccc1N1C[C@H](C)C[C@@H](C)C1. The van der Waals surface area contributed by atoms with Crippen LogP contribution in [0.25, 0.3) is 0 Å². The number of hydrogen-bond acceptors (Lipinski definition) is 2. The molecule has 0 amide bonds. The number of hydrogen-bond donors (Lipinski definition) is 1. The zero-order valence-electron chi connectivity index (χ0n) is 11.2. The quantitative estimate of drug-likeness (QED) is 0.793. The highest BCUT2D eigenvalue weighted by atomic mass is 15.1. The summed E-state index contributed by atoms with van der Waals surface area (Å²) >= 11 is 0. The normalized spacial score (nSPS) is 25.0. The van der Waals surface area contributed by atoms with Gasteiger partial charge in [-0.2, -0.15) is 0 Å². The Morgan fingerprint density at radius 2 is 1.88 bits per heavy atom. The third kappa shape index (κ3) is 2.74. The fraction of sp³-hybridized carbons (Fsp3) is 0.600. The van der Waals surface area contributed by atoms with Crippen LogP contribution < -0.4 is 10.6 Å². The van der Waals surface area contributed by atoms with Gasteiger partial charge in [0.05, 0.1) is 0 Å². The largest absolute Gasteiger partial charge is 0.399 e. The maximum absolute atomic E-state index is 5.87. The minimum atomic E-state index is 0.793. The van der Waals surface area contributed by atoms with Crippen molar-refractivity contribution in [2.75, 3.05) is 23.7 Å². The Kier molecular flexibility index (Phi) is 3.60. The zero-order valence-corrected chi connectivity index (χ0v) is 11.2. The number of benzene rings is 1. The van der Waals surface area contributed by atoms with Gasteiger partial charge in [0, 0.05) is 24.5 Å². The molecule has 1 heterocycles. The van der Waals surface area contributed by atoms with Crippen LogP contribution in [0.3, 0.4) is 0 Å². The lowest BCUT2D eigenvalue weighted by Gasteiger charge is -2.37. The fourth-order valence-corrected chi connectivity index (χ4v) is 3.06. The van der Waals surface area contributed by atoms with Gasteiger partial charge in [-0.25, -0.2) is 0 Å². The third-order valence-corrected chi connectivity index (χ3v) is 3.69. The molecule has 1 saturated heterocycles. The average molecular weight is 232 g/mol. The summed E-state index contributed by atoms with van der Waals surface area (Å²) in [5.74, 6) is 1.59. The van der Waals surface area contributed by atoms with Crippen molar-refractivity contribution in [1.82, 2.24) is 0 Å². The second-order valence-electron chi connectivity index (χ2n) is 5.59. The molecule has 1 aliphatic rings. The van der Waals surface area contributed by atoms with Gasteiger partial charge in [-0.15, -0.1) is 0 Å². The number of rotatable bonds is 2. The molecule has 1 aromatic carbocycles. The predicted octanol–water partition coefficient (Wildman–Crippen LogP) is 3.31. The average Bonchev–Trinajstić information content (AvgIpc) is 2.27. The van der Waals surface area contributed by atoms with E-state index in [4.69, 9.17) is 5.73 Å². The Labute approximate surface area is 105 Å². The molecular weight excluding hydrogens is 208 g/mol. The van der Waals surface area contributed by atoms with E-state index in [1.54, 1.807) is 0 Å². The molecular formula is C15H24N2. The van der Waals surface area contributed by atoms with Crippen LogP contribution in [0.5, 0.6) is 0 Å². The van der Waals surface area contributed by atoms with E-state index < -0.39 is 0 Å². The summed E-state index contributed by atoms with van der Waals surface area (Å²) in [5.41, 5.74) is 9.52. The highest BCUT2D eigenvalue weighted by Crippen LogP contribution is 2.30. The van der Waals surface area contributed by atoms with Crippen molar-refractivity contribution >= 4 is 11.4 Å². The minimum Gasteiger partial charge on any atom is -0.399 e. The van der Waals surface area contributed by atoms with Crippen molar-refractivity contribution in [3.8, 4) is 0 Å². The second-order valence-corrected chi connectivity index (χ2v) is 5.59. The molecule has 0 aromatic heterocycles. The van der Waals surface area contributed by atoms with Crippen molar-refractivity contribution in [3.05, 3.63) is 23.8 Å². The molecule has 2 rings (SSSR count). The van der Waals surface area contributed by atoms with Gasteiger partial charge in [-0.1, -0.05) is 20.8 Å². The van der Waals surface area contributed by atoms with Gasteiger partial charge in [0.15, 0.2) is 0 Å². The molecule has 0 bridgehead atoms. The fourth-order valence-electron chi connectivity index (χ4n) is 3.06. The van der Waals surface area contributed by atoms with Crippen molar-refractivity contribution in [1.29, 1.82) is 0 Å². The number of anilines is 2. The molecule has 2 atom stereocenters. The standard InChI is InChI=1S/C15H24N2/c1-4-13-8-14(16)5-6-15(13)17-9-11(2)7-12(3)10-17/h5-6,8,11-12H,4,7,9-10,16H2,1-3H3/t11-,12-/m1/s1. The van der Waals surface area contributed by atoms with Crippen LogP contribution in [0.1, 0.15) is 32.8 Å². The number of aryl methyl sites for hydroxylation is 1. The first kappa shape index (κ1) is 12.3. The summed E-state index contributed by atoms with van der Waals surface area (Å²) in [6, 6.07) is 6.34. The second kappa shape index (κ2) is 4.99. The smallest absolute Gasteiger partial charge is 0.0400 e. The van der Waals surface area contributed by atoms with E-state index >= 15 is 0 Å². The highest BCUT2D eigenvalue weighted by molar-refractivity contribution is 5.60. The van der Waals surface area contributed by atoms with E-state index in [2.05, 4.69) is 37.8 Å². The molecule has 0 unspecified atom stereocenters. The molecule has 2 nitrogen and oxygen atoms in total. The van der Waals surface area contributed by atoms with Crippen molar-refractivity contribution in [2.24, 2.45) is 11.8 Å². The number of nitrogens with two attached hydrogens (primary N) is 1. The molecule has 2 heteroatoms. The van der Waals surface area contributed by atoms with E-state index in [0.717, 1.165) is 23.9 Å². The molecule has 0 radical (unpaired) electrons. The Hall–Kier alpha value is -1.18. The molecule has 0 aliphatic carbocycles. The summed E-state index contributed by atoms with van der Waals surface area (Å²) in [7, 11) is 0. The van der Waals surface area contributed by atoms with Gasteiger partial charge in [0.25, 0.3) is 0 Å². The molecule has 1 fully saturated rings. The van der Waals surface area contributed by atoms with Gasteiger partial charge >= 0.3 is 0 Å². The number of nitrogen functional groups attached to an aromatic ring is 1. The van der Waals surface area contributed by atoms with Gasteiger partial charge < -0.3 is 10.6 Å². The van der Waals surface area contributed by atoms with Crippen LogP contribution in [-0.2, 0) is 6.42 Å². The number of nitrogens with zero attached hydrogens (tertiary/aromatic N) is 1. The monoisotopic (exact) mass is 232 g/mol. The van der Waals surface area contributed by atoms with Gasteiger partial charge in [0.2, 0.25) is 0 Å². The van der Waals surface area contributed by atoms with E-state index in [9.17, 15) is 0 Å². The maximum Gasteiger partial charge on any atom is 0.0400 e. The third-order valence-electron chi connectivity index (χ3n) is 3.69. The summed E-state index contributed by atoms with van der Waals surface area (Å²) in [5, 5.41) is 0. The van der Waals surface area contributed by atoms with E-state index in [1.165, 1.54) is 30.8 Å². The summed E-state index contributed by atoms with van der Waals surface area (Å²) < 4.78 is 0. The lowest BCUT2D eigenvalue weighted by molar-refractivity contribution is 0.356. The summed E-state index contributed by atoms with van der Waals surface area (Å²) in [4.78, 5) is 2.54. The first-order chi connectivity index (χ1) is 8.10. The van der Waals surface area contributed by atoms with E-state index in [0.29, 0.717) is 0 Å². The van der Waals surface area contributed by atoms with Crippen LogP contribution >= 0.6 is 0 Å². The van der Waals surface area contributed by atoms with E-state index in [1.807, 2.05) is 6.07 Å². The summed E-state index contributed by atoms with van der Waals surface area (Å²) in [6.45, 7) is 9.27. The van der Waals surface area contributed by atoms with Gasteiger partial charge in [-0.3, -0.25) is 0 Å². The highest BCUT2D eigenvalue weighted by Gasteiger charge is 2.23. The maximum atomic E-state index is 5.87. The zero-order chi connectivity index (χ0) is 12.4. The first-order valence-electron chi connectivity index (χ1n) is 6.73. The molecule has 1 aliphatic heterocycles. The van der Waals surface area contributed by atoms with Crippen molar-refractivity contribution in [2.45, 2.75) is 33.6 Å². The van der Waals surface area contributed by atoms with Crippen LogP contribution in [0.4, 0.5) is 11.4 Å². The Balaban J connectivity index is 2.26. The lowest BCUT2D eigenvalue weighted by Crippen LogP contribution is -2.39. The van der Waals surface area contributed by atoms with Crippen LogP contribution in [0.2, 0.25) is 0 Å². The molecule has 17 heavy (non-hydrogen) atoms. The molecule has 1 aromatic rings.